The predicted octanol–water partition coefficient (Wildman–Crippen LogP) is 23.9. The smallest absolute Gasteiger partial charge is 0.306 e. The van der Waals surface area contributed by atoms with Crippen LogP contribution in [0, 0.1) is 0 Å². The fourth-order valence-electron chi connectivity index (χ4n) is 9.22. The van der Waals surface area contributed by atoms with Crippen LogP contribution in [0.1, 0.15) is 303 Å². The SMILES string of the molecule is CC/C=C\C/C=C\C/C=C\C/C=C\C/C=C\C/C=C\CCCCCCCCCCCCCCC(=O)OCC(COC(=O)CCCCCCC/C=C\CCCC)OC(=O)CCCCCCCCC/C=C\C/C=C\C/C=C\C/C=C\C/C=C\CC. The number of ether oxygens (including phenoxy) is 3. The molecule has 0 aliphatic rings. The standard InChI is InChI=1S/C77H126O6/c1-4-7-10-13-16-19-22-24-26-28-30-32-34-35-36-37-38-39-40-41-43-44-46-48-50-52-55-58-61-64-67-70-76(79)82-73-74(72-81-75(78)69-66-63-60-57-54-21-18-15-12-9-6-3)83-77(80)71-68-65-62-59-56-53-51-49-47-45-42-33-31-29-27-25-23-20-17-14-11-8-5-2/h7-8,10-11,15-20,24-27,30-33,35-36,38-39,45,47,74H,4-6,9,12-14,21-23,28-29,34,37,40-44,46,48-73H2,1-3H3/b10-7-,11-8-,18-15-,19-16-,20-17-,26-24-,27-25-,32-30-,33-31-,36-35-,39-38-,47-45-. The first-order chi connectivity index (χ1) is 41.0. The molecule has 0 spiro atoms. The number of hydrogen-bond acceptors (Lipinski definition) is 6. The molecule has 0 saturated heterocycles. The lowest BCUT2D eigenvalue weighted by atomic mass is 10.0. The van der Waals surface area contributed by atoms with Crippen LogP contribution in [0.25, 0.3) is 0 Å². The molecule has 6 heteroatoms. The quantitative estimate of drug-likeness (QED) is 0.0261. The van der Waals surface area contributed by atoms with Crippen LogP contribution in [-0.4, -0.2) is 37.2 Å². The highest BCUT2D eigenvalue weighted by Crippen LogP contribution is 2.16. The van der Waals surface area contributed by atoms with Gasteiger partial charge < -0.3 is 14.2 Å². The van der Waals surface area contributed by atoms with E-state index in [1.54, 1.807) is 0 Å². The van der Waals surface area contributed by atoms with E-state index in [0.717, 1.165) is 148 Å². The van der Waals surface area contributed by atoms with Crippen LogP contribution in [-0.2, 0) is 28.6 Å². The second-order valence-corrected chi connectivity index (χ2v) is 22.3. The van der Waals surface area contributed by atoms with Crippen molar-refractivity contribution in [3.05, 3.63) is 146 Å². The second kappa shape index (κ2) is 69.8. The molecular formula is C77H126O6. The van der Waals surface area contributed by atoms with Gasteiger partial charge in [-0.25, -0.2) is 0 Å². The van der Waals surface area contributed by atoms with E-state index >= 15 is 0 Å². The van der Waals surface area contributed by atoms with Crippen LogP contribution in [0.15, 0.2) is 146 Å². The average Bonchev–Trinajstić information content (AvgIpc) is 3.48. The van der Waals surface area contributed by atoms with E-state index in [1.807, 2.05) is 0 Å². The number of allylic oxidation sites excluding steroid dienone is 24. The summed E-state index contributed by atoms with van der Waals surface area (Å²) in [4.78, 5) is 38.4. The van der Waals surface area contributed by atoms with Crippen LogP contribution < -0.4 is 0 Å². The molecule has 0 N–H and O–H groups in total. The third-order valence-corrected chi connectivity index (χ3v) is 14.3. The topological polar surface area (TPSA) is 78.9 Å². The molecule has 83 heavy (non-hydrogen) atoms. The van der Waals surface area contributed by atoms with Gasteiger partial charge in [-0.3, -0.25) is 14.4 Å². The summed E-state index contributed by atoms with van der Waals surface area (Å²) in [5.41, 5.74) is 0. The molecule has 0 heterocycles. The van der Waals surface area contributed by atoms with Gasteiger partial charge in [-0.05, 0) is 135 Å². The summed E-state index contributed by atoms with van der Waals surface area (Å²) in [7, 11) is 0. The van der Waals surface area contributed by atoms with Gasteiger partial charge in [-0.15, -0.1) is 0 Å². The lowest BCUT2D eigenvalue weighted by Crippen LogP contribution is -2.30. The molecule has 6 nitrogen and oxygen atoms in total. The Labute approximate surface area is 512 Å². The Kier molecular flexibility index (Phi) is 65.8. The monoisotopic (exact) mass is 1150 g/mol. The number of esters is 3. The molecule has 0 radical (unpaired) electrons. The summed E-state index contributed by atoms with van der Waals surface area (Å²) in [6, 6.07) is 0. The van der Waals surface area contributed by atoms with Gasteiger partial charge in [0.2, 0.25) is 0 Å². The third-order valence-electron chi connectivity index (χ3n) is 14.3. The minimum atomic E-state index is -0.794. The Hall–Kier alpha value is -4.71. The van der Waals surface area contributed by atoms with E-state index in [2.05, 4.69) is 167 Å². The van der Waals surface area contributed by atoms with Gasteiger partial charge in [0.1, 0.15) is 13.2 Å². The molecule has 470 valence electrons. The van der Waals surface area contributed by atoms with Crippen molar-refractivity contribution in [3.63, 3.8) is 0 Å². The highest BCUT2D eigenvalue weighted by atomic mass is 16.6. The minimum Gasteiger partial charge on any atom is -0.462 e. The molecule has 0 aromatic heterocycles. The van der Waals surface area contributed by atoms with Gasteiger partial charge in [0, 0.05) is 19.3 Å². The Morgan fingerprint density at radius 2 is 0.470 bits per heavy atom. The van der Waals surface area contributed by atoms with Crippen LogP contribution in [0.4, 0.5) is 0 Å². The zero-order chi connectivity index (χ0) is 59.9. The fourth-order valence-corrected chi connectivity index (χ4v) is 9.22. The van der Waals surface area contributed by atoms with Crippen LogP contribution in [0.5, 0.6) is 0 Å². The van der Waals surface area contributed by atoms with Crippen molar-refractivity contribution in [2.24, 2.45) is 0 Å². The van der Waals surface area contributed by atoms with E-state index in [0.29, 0.717) is 19.3 Å². The molecule has 0 aliphatic heterocycles. The number of unbranched alkanes of at least 4 members (excludes halogenated alkanes) is 26. The van der Waals surface area contributed by atoms with Crippen molar-refractivity contribution in [3.8, 4) is 0 Å². The predicted molar refractivity (Wildman–Crippen MR) is 362 cm³/mol. The Morgan fingerprint density at radius 3 is 0.747 bits per heavy atom. The van der Waals surface area contributed by atoms with Gasteiger partial charge >= 0.3 is 17.9 Å². The molecule has 0 aromatic carbocycles. The first-order valence-electron chi connectivity index (χ1n) is 34.3. The number of rotatable bonds is 61. The molecule has 1 atom stereocenters. The van der Waals surface area contributed by atoms with E-state index < -0.39 is 6.10 Å². The molecule has 0 bridgehead atoms. The summed E-state index contributed by atoms with van der Waals surface area (Å²) in [6.07, 6.45) is 100. The van der Waals surface area contributed by atoms with Crippen molar-refractivity contribution in [1.29, 1.82) is 0 Å². The Morgan fingerprint density at radius 1 is 0.253 bits per heavy atom. The highest BCUT2D eigenvalue weighted by molar-refractivity contribution is 5.71. The first kappa shape index (κ1) is 78.3. The molecule has 0 aromatic rings. The second-order valence-electron chi connectivity index (χ2n) is 22.3. The maximum Gasteiger partial charge on any atom is 0.306 e. The van der Waals surface area contributed by atoms with E-state index in [-0.39, 0.29) is 31.1 Å². The molecule has 0 fully saturated rings. The lowest BCUT2D eigenvalue weighted by Gasteiger charge is -2.18. The van der Waals surface area contributed by atoms with Crippen molar-refractivity contribution < 1.29 is 28.6 Å². The molecule has 0 rings (SSSR count). The zero-order valence-corrected chi connectivity index (χ0v) is 53.9. The van der Waals surface area contributed by atoms with Gasteiger partial charge in [0.15, 0.2) is 6.10 Å². The molecule has 0 saturated carbocycles. The lowest BCUT2D eigenvalue weighted by molar-refractivity contribution is -0.167. The third kappa shape index (κ3) is 68.0. The maximum absolute atomic E-state index is 12.9. The number of carbonyl (C=O) groups excluding carboxylic acids is 3. The summed E-state index contributed by atoms with van der Waals surface area (Å²) >= 11 is 0. The van der Waals surface area contributed by atoms with E-state index in [9.17, 15) is 14.4 Å². The van der Waals surface area contributed by atoms with Gasteiger partial charge in [0.25, 0.3) is 0 Å². The zero-order valence-electron chi connectivity index (χ0n) is 53.9. The Bertz CT molecular complexity index is 1800. The molecule has 0 amide bonds. The summed E-state index contributed by atoms with van der Waals surface area (Å²) in [6.45, 7) is 6.37. The van der Waals surface area contributed by atoms with Crippen molar-refractivity contribution in [2.45, 2.75) is 309 Å². The van der Waals surface area contributed by atoms with Crippen LogP contribution >= 0.6 is 0 Å². The molecular weight excluding hydrogens is 1020 g/mol. The van der Waals surface area contributed by atoms with Crippen molar-refractivity contribution in [2.75, 3.05) is 13.2 Å². The summed E-state index contributed by atoms with van der Waals surface area (Å²) < 4.78 is 16.9. The van der Waals surface area contributed by atoms with Crippen molar-refractivity contribution in [1.82, 2.24) is 0 Å². The summed E-state index contributed by atoms with van der Waals surface area (Å²) in [5.74, 6) is -0.909. The maximum atomic E-state index is 12.9. The van der Waals surface area contributed by atoms with Crippen LogP contribution in [0.2, 0.25) is 0 Å². The molecule has 1 unspecified atom stereocenters. The fraction of sp³-hybridized carbons (Fsp3) is 0.649. The molecule has 0 aliphatic carbocycles. The van der Waals surface area contributed by atoms with Gasteiger partial charge in [-0.1, -0.05) is 295 Å². The van der Waals surface area contributed by atoms with Gasteiger partial charge in [-0.2, -0.15) is 0 Å². The minimum absolute atomic E-state index is 0.0894. The average molecular weight is 1150 g/mol. The highest BCUT2D eigenvalue weighted by Gasteiger charge is 2.19. The number of carbonyl (C=O) groups is 3. The summed E-state index contributed by atoms with van der Waals surface area (Å²) in [5, 5.41) is 0. The van der Waals surface area contributed by atoms with Gasteiger partial charge in [0.05, 0.1) is 0 Å². The van der Waals surface area contributed by atoms with E-state index in [4.69, 9.17) is 14.2 Å². The Balaban J connectivity index is 4.27. The normalized spacial score (nSPS) is 13.0. The van der Waals surface area contributed by atoms with Crippen LogP contribution in [0.3, 0.4) is 0 Å². The van der Waals surface area contributed by atoms with Crippen molar-refractivity contribution >= 4 is 17.9 Å². The number of hydrogen-bond donors (Lipinski definition) is 0. The first-order valence-corrected chi connectivity index (χ1v) is 34.3. The van der Waals surface area contributed by atoms with E-state index in [1.165, 1.54) is 116 Å². The largest absolute Gasteiger partial charge is 0.462 e.